The summed E-state index contributed by atoms with van der Waals surface area (Å²) in [6, 6.07) is 30.9. The Kier molecular flexibility index (Phi) is 4.84. The summed E-state index contributed by atoms with van der Waals surface area (Å²) in [5.74, 6) is 3.11. The van der Waals surface area contributed by atoms with Crippen molar-refractivity contribution >= 4 is 56.4 Å². The molecule has 0 radical (unpaired) electrons. The minimum Gasteiger partial charge on any atom is -0.115 e. The molecule has 5 aromatic carbocycles. The third kappa shape index (κ3) is 3.06. The second kappa shape index (κ2) is 7.56. The minimum absolute atomic E-state index is 1.13. The first-order chi connectivity index (χ1) is 15.1. The molecule has 0 saturated heterocycles. The van der Waals surface area contributed by atoms with Gasteiger partial charge in [0.15, 0.2) is 0 Å². The van der Waals surface area contributed by atoms with Gasteiger partial charge in [0.2, 0.25) is 0 Å². The molecule has 5 aromatic rings. The van der Waals surface area contributed by atoms with Gasteiger partial charge in [-0.05, 0) is 84.7 Å². The number of fused-ring (bicyclic) bond motifs is 4. The Bertz CT molecular complexity index is 1490. The predicted molar refractivity (Wildman–Crippen MR) is 141 cm³/mol. The van der Waals surface area contributed by atoms with Crippen LogP contribution in [-0.4, -0.2) is 8.07 Å². The Hall–Kier alpha value is -3.08. The molecule has 0 N–H and O–H groups in total. The van der Waals surface area contributed by atoms with Gasteiger partial charge in [0.25, 0.3) is 0 Å². The molecular weight excluding hydrogens is 388 g/mol. The Morgan fingerprint density at radius 3 is 1.61 bits per heavy atom. The van der Waals surface area contributed by atoms with E-state index in [1.165, 1.54) is 66.4 Å². The highest BCUT2D eigenvalue weighted by Gasteiger charge is 2.31. The van der Waals surface area contributed by atoms with Crippen molar-refractivity contribution in [2.45, 2.75) is 38.9 Å². The highest BCUT2D eigenvalue weighted by molar-refractivity contribution is 6.92. The quantitative estimate of drug-likeness (QED) is 0.158. The molecule has 0 bridgehead atoms. The molecule has 0 aromatic heterocycles. The molecule has 0 aliphatic rings. The van der Waals surface area contributed by atoms with Crippen LogP contribution >= 0.6 is 0 Å². The fourth-order valence-electron chi connectivity index (χ4n) is 5.44. The SMILES string of the molecule is C#Cc1c([Si](CC)(CC)CC)ccc2cc3cc4cc5ccccc5cc4cc3cc12. The fourth-order valence-corrected chi connectivity index (χ4v) is 9.25. The zero-order valence-electron chi connectivity index (χ0n) is 18.6. The number of rotatable bonds is 4. The molecule has 0 spiro atoms. The second-order valence-corrected chi connectivity index (χ2v) is 14.0. The molecule has 0 fully saturated rings. The van der Waals surface area contributed by atoms with Gasteiger partial charge < -0.3 is 0 Å². The summed E-state index contributed by atoms with van der Waals surface area (Å²) < 4.78 is 0. The van der Waals surface area contributed by atoms with E-state index in [2.05, 4.69) is 99.5 Å². The van der Waals surface area contributed by atoms with Gasteiger partial charge in [-0.25, -0.2) is 0 Å². The summed E-state index contributed by atoms with van der Waals surface area (Å²) in [4.78, 5) is 0. The van der Waals surface area contributed by atoms with Crippen molar-refractivity contribution in [2.24, 2.45) is 0 Å². The summed E-state index contributed by atoms with van der Waals surface area (Å²) in [5.41, 5.74) is 1.13. The Morgan fingerprint density at radius 1 is 0.613 bits per heavy atom. The molecule has 0 nitrogen and oxygen atoms in total. The molecule has 152 valence electrons. The molecule has 0 unspecified atom stereocenters. The fraction of sp³-hybridized carbons (Fsp3) is 0.200. The van der Waals surface area contributed by atoms with E-state index in [1.807, 2.05) is 0 Å². The van der Waals surface area contributed by atoms with Crippen LogP contribution in [0.3, 0.4) is 0 Å². The summed E-state index contributed by atoms with van der Waals surface area (Å²) >= 11 is 0. The molecule has 0 heterocycles. The van der Waals surface area contributed by atoms with Crippen LogP contribution in [0.4, 0.5) is 0 Å². The third-order valence-corrected chi connectivity index (χ3v) is 13.2. The van der Waals surface area contributed by atoms with Crippen molar-refractivity contribution in [3.8, 4) is 12.3 Å². The van der Waals surface area contributed by atoms with Crippen LogP contribution in [0.2, 0.25) is 18.1 Å². The van der Waals surface area contributed by atoms with Crippen molar-refractivity contribution in [3.05, 3.63) is 78.4 Å². The smallest absolute Gasteiger partial charge is 0.0875 e. The van der Waals surface area contributed by atoms with Gasteiger partial charge in [-0.3, -0.25) is 0 Å². The predicted octanol–water partition coefficient (Wildman–Crippen LogP) is 8.00. The number of terminal acetylenes is 1. The Labute approximate surface area is 185 Å². The van der Waals surface area contributed by atoms with E-state index >= 15 is 0 Å². The third-order valence-electron chi connectivity index (χ3n) is 7.54. The molecule has 1 heteroatoms. The van der Waals surface area contributed by atoms with E-state index in [1.54, 1.807) is 0 Å². The van der Waals surface area contributed by atoms with Gasteiger partial charge in [0, 0.05) is 5.56 Å². The average molecular weight is 417 g/mol. The van der Waals surface area contributed by atoms with Crippen molar-refractivity contribution in [1.29, 1.82) is 0 Å². The zero-order chi connectivity index (χ0) is 21.6. The highest BCUT2D eigenvalue weighted by Crippen LogP contribution is 2.32. The molecular formula is C30H28Si. The lowest BCUT2D eigenvalue weighted by Gasteiger charge is -2.30. The van der Waals surface area contributed by atoms with Gasteiger partial charge in [0.1, 0.15) is 0 Å². The summed E-state index contributed by atoms with van der Waals surface area (Å²) in [6.45, 7) is 7.04. The second-order valence-electron chi connectivity index (χ2n) is 8.79. The molecule has 5 rings (SSSR count). The first-order valence-electron chi connectivity index (χ1n) is 11.4. The molecule has 0 saturated carbocycles. The normalized spacial score (nSPS) is 12.1. The highest BCUT2D eigenvalue weighted by atomic mass is 28.3. The molecule has 0 aliphatic heterocycles. The first kappa shape index (κ1) is 19.9. The van der Waals surface area contributed by atoms with Crippen LogP contribution in [0.1, 0.15) is 26.3 Å². The van der Waals surface area contributed by atoms with Crippen molar-refractivity contribution in [1.82, 2.24) is 0 Å². The van der Waals surface area contributed by atoms with E-state index in [-0.39, 0.29) is 0 Å². The molecule has 0 aliphatic carbocycles. The van der Waals surface area contributed by atoms with Gasteiger partial charge in [0.05, 0.1) is 8.07 Å². The summed E-state index contributed by atoms with van der Waals surface area (Å²) in [5, 5.41) is 11.6. The van der Waals surface area contributed by atoms with Crippen LogP contribution in [0, 0.1) is 12.3 Å². The average Bonchev–Trinajstić information content (AvgIpc) is 2.81. The number of hydrogen-bond donors (Lipinski definition) is 0. The van der Waals surface area contributed by atoms with Gasteiger partial charge in [-0.2, -0.15) is 0 Å². The molecule has 31 heavy (non-hydrogen) atoms. The van der Waals surface area contributed by atoms with E-state index in [9.17, 15) is 0 Å². The monoisotopic (exact) mass is 416 g/mol. The zero-order valence-corrected chi connectivity index (χ0v) is 19.6. The number of benzene rings is 5. The Balaban J connectivity index is 1.82. The van der Waals surface area contributed by atoms with E-state index < -0.39 is 8.07 Å². The number of hydrogen-bond acceptors (Lipinski definition) is 0. The first-order valence-corrected chi connectivity index (χ1v) is 14.0. The van der Waals surface area contributed by atoms with E-state index in [0.717, 1.165) is 5.56 Å². The minimum atomic E-state index is -1.56. The van der Waals surface area contributed by atoms with E-state index in [0.29, 0.717) is 0 Å². The maximum atomic E-state index is 6.15. The van der Waals surface area contributed by atoms with Crippen LogP contribution in [0.15, 0.2) is 72.8 Å². The van der Waals surface area contributed by atoms with E-state index in [4.69, 9.17) is 6.42 Å². The van der Waals surface area contributed by atoms with Crippen LogP contribution in [0.25, 0.3) is 43.1 Å². The standard InChI is InChI=1S/C30H28Si/c1-5-28-29-20-27-19-25-16-22-12-10-9-11-21(22)15-24(25)18-26(27)17-23(29)13-14-30(28)31(6-2,7-3)8-4/h1,9-20H,6-8H2,2-4H3. The lowest BCUT2D eigenvalue weighted by Crippen LogP contribution is -2.47. The van der Waals surface area contributed by atoms with Gasteiger partial charge in [-0.1, -0.05) is 81.2 Å². The maximum absolute atomic E-state index is 6.15. The molecule has 0 atom stereocenters. The topological polar surface area (TPSA) is 0 Å². The molecule has 0 amide bonds. The van der Waals surface area contributed by atoms with Crippen molar-refractivity contribution < 1.29 is 0 Å². The van der Waals surface area contributed by atoms with Crippen LogP contribution < -0.4 is 5.19 Å². The van der Waals surface area contributed by atoms with Crippen molar-refractivity contribution in [3.63, 3.8) is 0 Å². The van der Waals surface area contributed by atoms with Crippen LogP contribution in [0.5, 0.6) is 0 Å². The maximum Gasteiger partial charge on any atom is 0.0875 e. The summed E-state index contributed by atoms with van der Waals surface area (Å²) in [6.07, 6.45) is 6.15. The summed E-state index contributed by atoms with van der Waals surface area (Å²) in [7, 11) is -1.56. The largest absolute Gasteiger partial charge is 0.115 e. The Morgan fingerprint density at radius 2 is 1.10 bits per heavy atom. The lowest BCUT2D eigenvalue weighted by molar-refractivity contribution is 1.19. The van der Waals surface area contributed by atoms with Gasteiger partial charge >= 0.3 is 0 Å². The lowest BCUT2D eigenvalue weighted by atomic mass is 9.96. The van der Waals surface area contributed by atoms with Crippen molar-refractivity contribution in [2.75, 3.05) is 0 Å². The van der Waals surface area contributed by atoms with Gasteiger partial charge in [-0.15, -0.1) is 6.42 Å². The van der Waals surface area contributed by atoms with Crippen LogP contribution in [-0.2, 0) is 0 Å².